The number of hydrogen-bond donors (Lipinski definition) is 1. The molecule has 0 spiro atoms. The topological polar surface area (TPSA) is 58.6 Å². The second-order valence-corrected chi connectivity index (χ2v) is 9.02. The number of nitrogens with one attached hydrogen (secondary N) is 1. The van der Waals surface area contributed by atoms with Gasteiger partial charge in [-0.1, -0.05) is 50.2 Å². The van der Waals surface area contributed by atoms with Gasteiger partial charge in [0, 0.05) is 26.2 Å². The van der Waals surface area contributed by atoms with Gasteiger partial charge in [0.15, 0.2) is 0 Å². The van der Waals surface area contributed by atoms with Gasteiger partial charge in [-0.25, -0.2) is 13.1 Å². The molecule has 0 unspecified atom stereocenters. The molecule has 1 N–H and O–H groups in total. The van der Waals surface area contributed by atoms with Crippen LogP contribution in [0.25, 0.3) is 0 Å². The quantitative estimate of drug-likeness (QED) is 0.792. The molecule has 1 fully saturated rings. The molecular formula is C21H28N2O3S. The standard InChI is InChI=1S/C21H28N2O3S/c1-17(2)20-7-9-21(10-8-20)27(24,25)22-15-18-3-5-19(6-4-18)16-23-11-13-26-14-12-23/h3-10,17,22H,11-16H2,1-2H3. The maximum absolute atomic E-state index is 12.5. The third-order valence-corrected chi connectivity index (χ3v) is 6.27. The molecular weight excluding hydrogens is 360 g/mol. The molecule has 146 valence electrons. The molecule has 1 aliphatic rings. The highest BCUT2D eigenvalue weighted by atomic mass is 32.2. The Morgan fingerprint density at radius 3 is 2.15 bits per heavy atom. The van der Waals surface area contributed by atoms with Crippen molar-refractivity contribution in [2.24, 2.45) is 0 Å². The molecule has 2 aromatic rings. The number of sulfonamides is 1. The average Bonchev–Trinajstić information content (AvgIpc) is 2.68. The van der Waals surface area contributed by atoms with E-state index in [0.717, 1.165) is 44.0 Å². The van der Waals surface area contributed by atoms with E-state index in [1.807, 2.05) is 24.3 Å². The van der Waals surface area contributed by atoms with Crippen molar-refractivity contribution in [1.29, 1.82) is 0 Å². The summed E-state index contributed by atoms with van der Waals surface area (Å²) in [4.78, 5) is 2.66. The van der Waals surface area contributed by atoms with Crippen LogP contribution >= 0.6 is 0 Å². The monoisotopic (exact) mass is 388 g/mol. The Labute approximate surface area is 162 Å². The van der Waals surface area contributed by atoms with Crippen LogP contribution in [-0.4, -0.2) is 39.6 Å². The molecule has 1 aliphatic heterocycles. The van der Waals surface area contributed by atoms with Crippen LogP contribution < -0.4 is 4.72 Å². The zero-order valence-electron chi connectivity index (χ0n) is 16.0. The van der Waals surface area contributed by atoms with E-state index in [-0.39, 0.29) is 6.54 Å². The lowest BCUT2D eigenvalue weighted by Crippen LogP contribution is -2.35. The van der Waals surface area contributed by atoms with E-state index in [2.05, 4.69) is 35.6 Å². The predicted molar refractivity (Wildman–Crippen MR) is 107 cm³/mol. The average molecular weight is 389 g/mol. The van der Waals surface area contributed by atoms with Crippen LogP contribution in [0.3, 0.4) is 0 Å². The smallest absolute Gasteiger partial charge is 0.240 e. The van der Waals surface area contributed by atoms with Crippen molar-refractivity contribution in [2.75, 3.05) is 26.3 Å². The Morgan fingerprint density at radius 2 is 1.56 bits per heavy atom. The van der Waals surface area contributed by atoms with Crippen molar-refractivity contribution in [3.8, 4) is 0 Å². The Kier molecular flexibility index (Phi) is 6.65. The van der Waals surface area contributed by atoms with E-state index in [0.29, 0.717) is 10.8 Å². The number of rotatable bonds is 7. The number of benzene rings is 2. The van der Waals surface area contributed by atoms with E-state index in [1.165, 1.54) is 5.56 Å². The largest absolute Gasteiger partial charge is 0.379 e. The van der Waals surface area contributed by atoms with Gasteiger partial charge < -0.3 is 4.74 Å². The third kappa shape index (κ3) is 5.62. The molecule has 0 aromatic heterocycles. The van der Waals surface area contributed by atoms with E-state index < -0.39 is 10.0 Å². The lowest BCUT2D eigenvalue weighted by atomic mass is 10.0. The zero-order valence-corrected chi connectivity index (χ0v) is 16.8. The van der Waals surface area contributed by atoms with Crippen molar-refractivity contribution in [2.45, 2.75) is 37.8 Å². The summed E-state index contributed by atoms with van der Waals surface area (Å²) in [6, 6.07) is 15.2. The fourth-order valence-electron chi connectivity index (χ4n) is 3.07. The normalized spacial score (nSPS) is 16.0. The predicted octanol–water partition coefficient (Wildman–Crippen LogP) is 3.12. The number of nitrogens with zero attached hydrogens (tertiary/aromatic N) is 1. The summed E-state index contributed by atoms with van der Waals surface area (Å²) in [5.41, 5.74) is 3.31. The molecule has 3 rings (SSSR count). The van der Waals surface area contributed by atoms with Gasteiger partial charge in [0.2, 0.25) is 10.0 Å². The third-order valence-electron chi connectivity index (χ3n) is 4.86. The Balaban J connectivity index is 1.56. The van der Waals surface area contributed by atoms with Crippen molar-refractivity contribution in [3.63, 3.8) is 0 Å². The summed E-state index contributed by atoms with van der Waals surface area (Å²) in [6.07, 6.45) is 0. The van der Waals surface area contributed by atoms with Crippen LogP contribution in [0.1, 0.15) is 36.5 Å². The number of ether oxygens (including phenoxy) is 1. The first-order chi connectivity index (χ1) is 12.9. The zero-order chi connectivity index (χ0) is 19.3. The van der Waals surface area contributed by atoms with Crippen LogP contribution in [0.15, 0.2) is 53.4 Å². The van der Waals surface area contributed by atoms with Gasteiger partial charge >= 0.3 is 0 Å². The Morgan fingerprint density at radius 1 is 0.963 bits per heavy atom. The maximum atomic E-state index is 12.5. The van der Waals surface area contributed by atoms with Gasteiger partial charge in [0.05, 0.1) is 18.1 Å². The summed E-state index contributed by atoms with van der Waals surface area (Å²) in [6.45, 7) is 8.85. The number of morpholine rings is 1. The molecule has 0 amide bonds. The highest BCUT2D eigenvalue weighted by molar-refractivity contribution is 7.89. The van der Waals surface area contributed by atoms with Gasteiger partial charge in [-0.05, 0) is 34.7 Å². The maximum Gasteiger partial charge on any atom is 0.240 e. The van der Waals surface area contributed by atoms with Gasteiger partial charge in [-0.15, -0.1) is 0 Å². The first kappa shape index (κ1) is 20.0. The van der Waals surface area contributed by atoms with E-state index in [9.17, 15) is 8.42 Å². The van der Waals surface area contributed by atoms with Crippen molar-refractivity contribution >= 4 is 10.0 Å². The molecule has 0 bridgehead atoms. The minimum atomic E-state index is -3.51. The molecule has 0 atom stereocenters. The summed E-state index contributed by atoms with van der Waals surface area (Å²) in [5.74, 6) is 0.380. The minimum absolute atomic E-state index is 0.284. The number of hydrogen-bond acceptors (Lipinski definition) is 4. The fourth-order valence-corrected chi connectivity index (χ4v) is 4.09. The van der Waals surface area contributed by atoms with Gasteiger partial charge in [-0.3, -0.25) is 4.90 Å². The highest BCUT2D eigenvalue weighted by Gasteiger charge is 2.14. The van der Waals surface area contributed by atoms with Crippen LogP contribution in [-0.2, 0) is 27.8 Å². The molecule has 0 aliphatic carbocycles. The SMILES string of the molecule is CC(C)c1ccc(S(=O)(=O)NCc2ccc(CN3CCOCC3)cc2)cc1. The molecule has 1 saturated heterocycles. The molecule has 27 heavy (non-hydrogen) atoms. The second-order valence-electron chi connectivity index (χ2n) is 7.25. The van der Waals surface area contributed by atoms with Crippen LogP contribution in [0.2, 0.25) is 0 Å². The summed E-state index contributed by atoms with van der Waals surface area (Å²) in [5, 5.41) is 0. The first-order valence-electron chi connectivity index (χ1n) is 9.41. The van der Waals surface area contributed by atoms with Gasteiger partial charge in [0.1, 0.15) is 0 Å². The molecule has 1 heterocycles. The molecule has 2 aromatic carbocycles. The fraction of sp³-hybridized carbons (Fsp3) is 0.429. The molecule has 0 radical (unpaired) electrons. The molecule has 6 heteroatoms. The summed E-state index contributed by atoms with van der Waals surface area (Å²) >= 11 is 0. The minimum Gasteiger partial charge on any atom is -0.379 e. The summed E-state index contributed by atoms with van der Waals surface area (Å²) < 4.78 is 33.0. The van der Waals surface area contributed by atoms with Crippen molar-refractivity contribution < 1.29 is 13.2 Å². The first-order valence-corrected chi connectivity index (χ1v) is 10.9. The van der Waals surface area contributed by atoms with Gasteiger partial charge in [0.25, 0.3) is 0 Å². The van der Waals surface area contributed by atoms with Crippen LogP contribution in [0.4, 0.5) is 0 Å². The van der Waals surface area contributed by atoms with E-state index in [4.69, 9.17) is 4.74 Å². The van der Waals surface area contributed by atoms with Crippen molar-refractivity contribution in [1.82, 2.24) is 9.62 Å². The molecule has 0 saturated carbocycles. The van der Waals surface area contributed by atoms with Crippen molar-refractivity contribution in [3.05, 3.63) is 65.2 Å². The van der Waals surface area contributed by atoms with E-state index in [1.54, 1.807) is 12.1 Å². The lowest BCUT2D eigenvalue weighted by Gasteiger charge is -2.26. The van der Waals surface area contributed by atoms with Gasteiger partial charge in [-0.2, -0.15) is 0 Å². The lowest BCUT2D eigenvalue weighted by molar-refractivity contribution is 0.0342. The Hall–Kier alpha value is -1.73. The van der Waals surface area contributed by atoms with E-state index >= 15 is 0 Å². The van der Waals surface area contributed by atoms with Crippen LogP contribution in [0.5, 0.6) is 0 Å². The Bertz CT molecular complexity index is 825. The second kappa shape index (κ2) is 8.97. The van der Waals surface area contributed by atoms with Crippen LogP contribution in [0, 0.1) is 0 Å². The highest BCUT2D eigenvalue weighted by Crippen LogP contribution is 2.17. The summed E-state index contributed by atoms with van der Waals surface area (Å²) in [7, 11) is -3.51. The molecule has 5 nitrogen and oxygen atoms in total.